The second kappa shape index (κ2) is 17.3. The molecule has 2 N–H and O–H groups in total. The minimum Gasteiger partial charge on any atom is -0.356 e. The van der Waals surface area contributed by atoms with Crippen molar-refractivity contribution in [1.82, 2.24) is 15.5 Å². The molecule has 0 amide bonds. The van der Waals surface area contributed by atoms with Gasteiger partial charge in [-0.15, -0.1) is 24.0 Å². The third kappa shape index (κ3) is 13.6. The molecule has 0 saturated heterocycles. The highest BCUT2D eigenvalue weighted by Crippen LogP contribution is 2.02. The molecule has 0 heterocycles. The molecule has 0 bridgehead atoms. The van der Waals surface area contributed by atoms with Crippen LogP contribution in [-0.2, 0) is 0 Å². The predicted molar refractivity (Wildman–Crippen MR) is 111 cm³/mol. The molecule has 1 unspecified atom stereocenters. The second-order valence-corrected chi connectivity index (χ2v) is 5.77. The van der Waals surface area contributed by atoms with Crippen LogP contribution in [0.3, 0.4) is 0 Å². The van der Waals surface area contributed by atoms with E-state index in [-0.39, 0.29) is 24.0 Å². The summed E-state index contributed by atoms with van der Waals surface area (Å²) < 4.78 is 0. The van der Waals surface area contributed by atoms with Gasteiger partial charge in [-0.25, -0.2) is 0 Å². The van der Waals surface area contributed by atoms with Crippen LogP contribution in [0.2, 0.25) is 0 Å². The summed E-state index contributed by atoms with van der Waals surface area (Å²) in [4.78, 5) is 6.78. The van der Waals surface area contributed by atoms with E-state index in [1.807, 2.05) is 7.05 Å². The Bertz CT molecular complexity index is 255. The lowest BCUT2D eigenvalue weighted by Gasteiger charge is -2.19. The van der Waals surface area contributed by atoms with Crippen LogP contribution in [0.25, 0.3) is 0 Å². The summed E-state index contributed by atoms with van der Waals surface area (Å²) in [7, 11) is 1.85. The fourth-order valence-corrected chi connectivity index (χ4v) is 2.41. The minimum absolute atomic E-state index is 0. The van der Waals surface area contributed by atoms with Crippen molar-refractivity contribution in [2.24, 2.45) is 4.99 Å². The summed E-state index contributed by atoms with van der Waals surface area (Å²) in [6.45, 7) is 13.5. The van der Waals surface area contributed by atoms with Gasteiger partial charge >= 0.3 is 0 Å². The van der Waals surface area contributed by atoms with Crippen molar-refractivity contribution < 1.29 is 0 Å². The molecule has 0 spiro atoms. The molecule has 0 rings (SSSR count). The van der Waals surface area contributed by atoms with E-state index in [2.05, 4.69) is 48.2 Å². The van der Waals surface area contributed by atoms with E-state index in [1.54, 1.807) is 0 Å². The fourth-order valence-electron chi connectivity index (χ4n) is 2.41. The molecule has 0 aliphatic heterocycles. The van der Waals surface area contributed by atoms with E-state index in [0.29, 0.717) is 6.04 Å². The fraction of sp³-hybridized carbons (Fsp3) is 0.941. The van der Waals surface area contributed by atoms with Crippen LogP contribution in [0.15, 0.2) is 4.99 Å². The summed E-state index contributed by atoms with van der Waals surface area (Å²) in [5.74, 6) is 0.946. The Kier molecular flexibility index (Phi) is 19.1. The van der Waals surface area contributed by atoms with Gasteiger partial charge in [0.1, 0.15) is 0 Å². The first kappa shape index (κ1) is 24.2. The number of hydrogen-bond acceptors (Lipinski definition) is 2. The van der Waals surface area contributed by atoms with Crippen LogP contribution in [0.5, 0.6) is 0 Å². The highest BCUT2D eigenvalue weighted by molar-refractivity contribution is 14.0. The lowest BCUT2D eigenvalue weighted by molar-refractivity contribution is 0.297. The molecule has 0 aliphatic carbocycles. The van der Waals surface area contributed by atoms with Crippen LogP contribution in [-0.4, -0.2) is 50.1 Å². The number of aliphatic imine (C=N–C) groups is 1. The van der Waals surface area contributed by atoms with Gasteiger partial charge in [-0.1, -0.05) is 40.0 Å². The largest absolute Gasteiger partial charge is 0.356 e. The number of rotatable bonds is 12. The Morgan fingerprint density at radius 3 is 2.27 bits per heavy atom. The summed E-state index contributed by atoms with van der Waals surface area (Å²) in [6, 6.07) is 0.499. The maximum Gasteiger partial charge on any atom is 0.191 e. The SMILES string of the molecule is CCCCCC(C)NC(=NC)NCCCCN(CC)CC.I. The Labute approximate surface area is 155 Å². The number of unbranched alkanes of at least 4 members (excludes halogenated alkanes) is 3. The van der Waals surface area contributed by atoms with Crippen LogP contribution in [0.1, 0.15) is 66.2 Å². The lowest BCUT2D eigenvalue weighted by atomic mass is 10.1. The van der Waals surface area contributed by atoms with Gasteiger partial charge < -0.3 is 15.5 Å². The number of hydrogen-bond donors (Lipinski definition) is 2. The molecule has 0 fully saturated rings. The van der Waals surface area contributed by atoms with Gasteiger partial charge in [0.25, 0.3) is 0 Å². The molecular formula is C17H39IN4. The molecule has 0 aromatic carbocycles. The molecule has 0 aromatic rings. The van der Waals surface area contributed by atoms with Gasteiger partial charge in [0.05, 0.1) is 0 Å². The van der Waals surface area contributed by atoms with E-state index < -0.39 is 0 Å². The van der Waals surface area contributed by atoms with Crippen molar-refractivity contribution in [1.29, 1.82) is 0 Å². The zero-order chi connectivity index (χ0) is 15.9. The Morgan fingerprint density at radius 1 is 1.05 bits per heavy atom. The van der Waals surface area contributed by atoms with Gasteiger partial charge in [-0.05, 0) is 45.8 Å². The van der Waals surface area contributed by atoms with Gasteiger partial charge in [0, 0.05) is 19.6 Å². The Morgan fingerprint density at radius 2 is 1.73 bits per heavy atom. The lowest BCUT2D eigenvalue weighted by Crippen LogP contribution is -2.42. The molecule has 4 nitrogen and oxygen atoms in total. The van der Waals surface area contributed by atoms with Crippen molar-refractivity contribution in [3.8, 4) is 0 Å². The topological polar surface area (TPSA) is 39.7 Å². The molecule has 0 aliphatic rings. The monoisotopic (exact) mass is 426 g/mol. The van der Waals surface area contributed by atoms with E-state index in [9.17, 15) is 0 Å². The molecular weight excluding hydrogens is 387 g/mol. The van der Waals surface area contributed by atoms with Crippen molar-refractivity contribution in [2.45, 2.75) is 72.3 Å². The Hall–Kier alpha value is -0.0400. The van der Waals surface area contributed by atoms with Crippen molar-refractivity contribution in [3.63, 3.8) is 0 Å². The molecule has 22 heavy (non-hydrogen) atoms. The zero-order valence-corrected chi connectivity index (χ0v) is 17.8. The van der Waals surface area contributed by atoms with Crippen LogP contribution >= 0.6 is 24.0 Å². The molecule has 1 atom stereocenters. The maximum atomic E-state index is 4.31. The minimum atomic E-state index is 0. The van der Waals surface area contributed by atoms with Gasteiger partial charge in [-0.2, -0.15) is 0 Å². The summed E-state index contributed by atoms with van der Waals surface area (Å²) >= 11 is 0. The molecule has 5 heteroatoms. The molecule has 0 saturated carbocycles. The normalized spacial score (nSPS) is 12.9. The van der Waals surface area contributed by atoms with Crippen molar-refractivity contribution in [2.75, 3.05) is 33.2 Å². The standard InChI is InChI=1S/C17H38N4.HI/c1-6-9-10-13-16(4)20-17(18-5)19-14-11-12-15-21(7-2)8-3;/h16H,6-15H2,1-5H3,(H2,18,19,20);1H. The number of nitrogens with zero attached hydrogens (tertiary/aromatic N) is 2. The van der Waals surface area contributed by atoms with Gasteiger partial charge in [0.15, 0.2) is 5.96 Å². The van der Waals surface area contributed by atoms with E-state index in [4.69, 9.17) is 0 Å². The smallest absolute Gasteiger partial charge is 0.191 e. The average Bonchev–Trinajstić information content (AvgIpc) is 2.50. The Balaban J connectivity index is 0. The maximum absolute atomic E-state index is 4.31. The quantitative estimate of drug-likeness (QED) is 0.216. The number of nitrogens with one attached hydrogen (secondary N) is 2. The second-order valence-electron chi connectivity index (χ2n) is 5.77. The van der Waals surface area contributed by atoms with Crippen LogP contribution < -0.4 is 10.6 Å². The van der Waals surface area contributed by atoms with Crippen molar-refractivity contribution >= 4 is 29.9 Å². The average molecular weight is 426 g/mol. The first-order valence-electron chi connectivity index (χ1n) is 8.87. The van der Waals surface area contributed by atoms with Crippen LogP contribution in [0.4, 0.5) is 0 Å². The van der Waals surface area contributed by atoms with Gasteiger partial charge in [0.2, 0.25) is 0 Å². The van der Waals surface area contributed by atoms with E-state index in [1.165, 1.54) is 45.1 Å². The van der Waals surface area contributed by atoms with Crippen molar-refractivity contribution in [3.05, 3.63) is 0 Å². The third-order valence-corrected chi connectivity index (χ3v) is 3.94. The number of halogens is 1. The molecule has 0 radical (unpaired) electrons. The van der Waals surface area contributed by atoms with Crippen LogP contribution in [0, 0.1) is 0 Å². The summed E-state index contributed by atoms with van der Waals surface area (Å²) in [5.41, 5.74) is 0. The first-order valence-corrected chi connectivity index (χ1v) is 8.87. The number of guanidine groups is 1. The molecule has 134 valence electrons. The first-order chi connectivity index (χ1) is 10.2. The van der Waals surface area contributed by atoms with E-state index >= 15 is 0 Å². The highest BCUT2D eigenvalue weighted by atomic mass is 127. The predicted octanol–water partition coefficient (Wildman–Crippen LogP) is 3.86. The highest BCUT2D eigenvalue weighted by Gasteiger charge is 2.04. The van der Waals surface area contributed by atoms with Gasteiger partial charge in [-0.3, -0.25) is 4.99 Å². The summed E-state index contributed by atoms with van der Waals surface area (Å²) in [5, 5.41) is 6.90. The van der Waals surface area contributed by atoms with E-state index in [0.717, 1.165) is 25.6 Å². The summed E-state index contributed by atoms with van der Waals surface area (Å²) in [6.07, 6.45) is 7.57. The molecule has 0 aromatic heterocycles. The zero-order valence-electron chi connectivity index (χ0n) is 15.5. The third-order valence-electron chi connectivity index (χ3n) is 3.94.